The average Bonchev–Trinajstić information content (AvgIpc) is 3.07. The molecule has 3 rings (SSSR count). The number of hydrogen-bond donors (Lipinski definition) is 0. The molecule has 3 aliphatic rings. The number of likely N-dealkylation sites (tertiary alicyclic amines) is 2. The molecule has 2 amide bonds. The fraction of sp³-hybridized carbons (Fsp3) is 0.875. The van der Waals surface area contributed by atoms with Crippen LogP contribution in [-0.4, -0.2) is 47.3 Å². The van der Waals surface area contributed by atoms with Gasteiger partial charge in [0, 0.05) is 38.0 Å². The van der Waals surface area contributed by atoms with Gasteiger partial charge in [0.25, 0.3) is 0 Å². The molecule has 0 N–H and O–H groups in total. The maximum atomic E-state index is 12.7. The van der Waals surface area contributed by atoms with Crippen molar-refractivity contribution in [1.82, 2.24) is 9.80 Å². The van der Waals surface area contributed by atoms with Gasteiger partial charge in [0.1, 0.15) is 5.78 Å². The summed E-state index contributed by atoms with van der Waals surface area (Å²) in [6, 6.07) is 0.385. The Labute approximate surface area is 121 Å². The minimum atomic E-state index is 0.130. The van der Waals surface area contributed by atoms with Crippen LogP contribution in [0.2, 0.25) is 0 Å². The first-order valence-corrected chi connectivity index (χ1v) is 8.25. The minimum Gasteiger partial charge on any atom is -0.325 e. The number of nitrogens with zero attached hydrogens (tertiary/aromatic N) is 2. The zero-order valence-corrected chi connectivity index (χ0v) is 12.5. The zero-order valence-electron chi connectivity index (χ0n) is 12.5. The Hall–Kier alpha value is -1.06. The van der Waals surface area contributed by atoms with E-state index in [9.17, 15) is 9.59 Å². The van der Waals surface area contributed by atoms with Crippen molar-refractivity contribution in [3.63, 3.8) is 0 Å². The van der Waals surface area contributed by atoms with Crippen molar-refractivity contribution >= 4 is 11.8 Å². The van der Waals surface area contributed by atoms with E-state index in [1.54, 1.807) is 0 Å². The maximum absolute atomic E-state index is 12.7. The molecular weight excluding hydrogens is 252 g/mol. The van der Waals surface area contributed by atoms with Crippen LogP contribution in [0.5, 0.6) is 0 Å². The van der Waals surface area contributed by atoms with Crippen molar-refractivity contribution in [1.29, 1.82) is 0 Å². The first kappa shape index (κ1) is 13.9. The quantitative estimate of drug-likeness (QED) is 0.740. The summed E-state index contributed by atoms with van der Waals surface area (Å²) in [5.74, 6) is 1.26. The lowest BCUT2D eigenvalue weighted by atomic mass is 9.95. The van der Waals surface area contributed by atoms with E-state index < -0.39 is 0 Å². The average molecular weight is 278 g/mol. The van der Waals surface area contributed by atoms with Gasteiger partial charge in [-0.1, -0.05) is 6.92 Å². The molecule has 2 atom stereocenters. The highest BCUT2D eigenvalue weighted by molar-refractivity contribution is 5.85. The smallest absolute Gasteiger partial charge is 0.320 e. The summed E-state index contributed by atoms with van der Waals surface area (Å²) in [4.78, 5) is 28.7. The molecule has 4 heteroatoms. The third kappa shape index (κ3) is 2.57. The molecule has 112 valence electrons. The van der Waals surface area contributed by atoms with Crippen LogP contribution in [-0.2, 0) is 4.79 Å². The Kier molecular flexibility index (Phi) is 3.99. The van der Waals surface area contributed by atoms with Crippen LogP contribution >= 0.6 is 0 Å². The molecule has 2 saturated heterocycles. The summed E-state index contributed by atoms with van der Waals surface area (Å²) in [6.45, 7) is 4.89. The molecule has 0 aromatic carbocycles. The third-order valence-corrected chi connectivity index (χ3v) is 5.42. The van der Waals surface area contributed by atoms with Gasteiger partial charge < -0.3 is 9.80 Å². The van der Waals surface area contributed by atoms with Crippen LogP contribution in [0.4, 0.5) is 4.79 Å². The lowest BCUT2D eigenvalue weighted by Crippen LogP contribution is -2.50. The van der Waals surface area contributed by atoms with Gasteiger partial charge in [-0.15, -0.1) is 0 Å². The van der Waals surface area contributed by atoms with E-state index in [2.05, 4.69) is 6.92 Å². The van der Waals surface area contributed by atoms with E-state index in [0.717, 1.165) is 70.5 Å². The summed E-state index contributed by atoms with van der Waals surface area (Å²) >= 11 is 0. The summed E-state index contributed by atoms with van der Waals surface area (Å²) < 4.78 is 0. The zero-order chi connectivity index (χ0) is 14.1. The van der Waals surface area contributed by atoms with Crippen LogP contribution in [0.3, 0.4) is 0 Å². The molecule has 3 fully saturated rings. The Morgan fingerprint density at radius 2 is 1.80 bits per heavy atom. The van der Waals surface area contributed by atoms with Gasteiger partial charge in [0.2, 0.25) is 0 Å². The molecule has 0 radical (unpaired) electrons. The molecule has 1 saturated carbocycles. The number of amides is 2. The molecule has 2 heterocycles. The van der Waals surface area contributed by atoms with Gasteiger partial charge in [-0.25, -0.2) is 4.79 Å². The first-order valence-electron chi connectivity index (χ1n) is 8.25. The second-order valence-corrected chi connectivity index (χ2v) is 6.82. The van der Waals surface area contributed by atoms with Crippen molar-refractivity contribution in [3.8, 4) is 0 Å². The fourth-order valence-electron chi connectivity index (χ4n) is 4.08. The number of Topliss-reactive ketones (excluding diaryl/α,β-unsaturated/α-hetero) is 1. The minimum absolute atomic E-state index is 0.130. The van der Waals surface area contributed by atoms with Crippen molar-refractivity contribution in [3.05, 3.63) is 0 Å². The molecule has 20 heavy (non-hydrogen) atoms. The third-order valence-electron chi connectivity index (χ3n) is 5.42. The molecule has 0 spiro atoms. The molecular formula is C16H26N2O2. The number of urea groups is 1. The largest absolute Gasteiger partial charge is 0.325 e. The fourth-order valence-corrected chi connectivity index (χ4v) is 4.08. The maximum Gasteiger partial charge on any atom is 0.320 e. The highest BCUT2D eigenvalue weighted by Crippen LogP contribution is 2.34. The molecule has 0 aromatic rings. The summed E-state index contributed by atoms with van der Waals surface area (Å²) in [6.07, 6.45) is 7.05. The van der Waals surface area contributed by atoms with Gasteiger partial charge in [-0.05, 0) is 44.4 Å². The summed E-state index contributed by atoms with van der Waals surface area (Å²) in [5.41, 5.74) is 0. The second-order valence-electron chi connectivity index (χ2n) is 6.82. The van der Waals surface area contributed by atoms with E-state index >= 15 is 0 Å². The van der Waals surface area contributed by atoms with Gasteiger partial charge in [-0.2, -0.15) is 0 Å². The predicted octanol–water partition coefficient (Wildman–Crippen LogP) is 2.67. The Morgan fingerprint density at radius 1 is 1.05 bits per heavy atom. The van der Waals surface area contributed by atoms with Crippen LogP contribution in [0.25, 0.3) is 0 Å². The van der Waals surface area contributed by atoms with E-state index in [0.29, 0.717) is 5.78 Å². The standard InChI is InChI=1S/C16H26N2O2/c1-12-7-10-17(11-8-12)16(20)18-9-3-5-14(18)13-4-2-6-15(13)19/h12-14H,2-11H2,1H3. The highest BCUT2D eigenvalue weighted by atomic mass is 16.2. The van der Waals surface area contributed by atoms with Crippen LogP contribution in [0.15, 0.2) is 0 Å². The molecule has 0 aromatic heterocycles. The number of piperidine rings is 1. The first-order chi connectivity index (χ1) is 9.66. The van der Waals surface area contributed by atoms with Crippen LogP contribution in [0, 0.1) is 11.8 Å². The van der Waals surface area contributed by atoms with Crippen molar-refractivity contribution < 1.29 is 9.59 Å². The molecule has 1 aliphatic carbocycles. The van der Waals surface area contributed by atoms with Gasteiger partial charge in [0.05, 0.1) is 0 Å². The van der Waals surface area contributed by atoms with Crippen molar-refractivity contribution in [2.24, 2.45) is 11.8 Å². The highest BCUT2D eigenvalue weighted by Gasteiger charge is 2.41. The molecule has 0 bridgehead atoms. The van der Waals surface area contributed by atoms with Gasteiger partial charge >= 0.3 is 6.03 Å². The monoisotopic (exact) mass is 278 g/mol. The lowest BCUT2D eigenvalue weighted by Gasteiger charge is -2.37. The number of hydrogen-bond acceptors (Lipinski definition) is 2. The molecule has 2 unspecified atom stereocenters. The van der Waals surface area contributed by atoms with Gasteiger partial charge in [0.15, 0.2) is 0 Å². The number of ketones is 1. The summed E-state index contributed by atoms with van der Waals surface area (Å²) in [5, 5.41) is 0. The van der Waals surface area contributed by atoms with Crippen LogP contribution < -0.4 is 0 Å². The SMILES string of the molecule is CC1CCN(C(=O)N2CCCC2C2CCCC2=O)CC1. The second kappa shape index (κ2) is 5.74. The van der Waals surface area contributed by atoms with Gasteiger partial charge in [-0.3, -0.25) is 4.79 Å². The number of carbonyl (C=O) groups is 2. The summed E-state index contributed by atoms with van der Waals surface area (Å²) in [7, 11) is 0. The van der Waals surface area contributed by atoms with E-state index in [-0.39, 0.29) is 18.0 Å². The normalized spacial score (nSPS) is 32.1. The van der Waals surface area contributed by atoms with E-state index in [1.165, 1.54) is 0 Å². The number of rotatable bonds is 1. The topological polar surface area (TPSA) is 40.6 Å². The lowest BCUT2D eigenvalue weighted by molar-refractivity contribution is -0.122. The number of carbonyl (C=O) groups excluding carboxylic acids is 2. The molecule has 2 aliphatic heterocycles. The van der Waals surface area contributed by atoms with E-state index in [1.807, 2.05) is 9.80 Å². The predicted molar refractivity (Wildman–Crippen MR) is 77.4 cm³/mol. The Balaban J connectivity index is 1.65. The van der Waals surface area contributed by atoms with Crippen molar-refractivity contribution in [2.45, 2.75) is 57.9 Å². The molecule has 4 nitrogen and oxygen atoms in total. The Bertz CT molecular complexity index is 388. The van der Waals surface area contributed by atoms with Crippen molar-refractivity contribution in [2.75, 3.05) is 19.6 Å². The van der Waals surface area contributed by atoms with Crippen LogP contribution in [0.1, 0.15) is 51.9 Å². The van der Waals surface area contributed by atoms with E-state index in [4.69, 9.17) is 0 Å². The Morgan fingerprint density at radius 3 is 2.45 bits per heavy atom.